The topological polar surface area (TPSA) is 138 Å². The van der Waals surface area contributed by atoms with E-state index in [9.17, 15) is 9.59 Å². The number of carbonyl (C=O) groups excluding carboxylic acids is 2. The molecule has 0 aromatic rings. The van der Waals surface area contributed by atoms with Crippen LogP contribution in [0, 0.1) is 0 Å². The predicted molar refractivity (Wildman–Crippen MR) is 195 cm³/mol. The Bertz CT molecular complexity index is 779. The van der Waals surface area contributed by atoms with E-state index in [1.807, 2.05) is 0 Å². The average molecular weight is 695 g/mol. The second kappa shape index (κ2) is 30.8. The maximum Gasteiger partial charge on any atom is 0.220 e. The normalized spacial score (nSPS) is 13.0. The minimum absolute atomic E-state index is 0.221. The number of likely N-dealkylation sites (N-methyl/N-ethyl adjacent to an activating group) is 2. The maximum absolute atomic E-state index is 11.8. The molecule has 284 valence electrons. The fraction of sp³-hybridized carbons (Fsp3) is 0.944. The lowest BCUT2D eigenvalue weighted by atomic mass is 10.1. The fourth-order valence-electron chi connectivity index (χ4n) is 5.62. The van der Waals surface area contributed by atoms with Crippen LogP contribution in [0.4, 0.5) is 0 Å². The lowest BCUT2D eigenvalue weighted by Crippen LogP contribution is -2.47. The van der Waals surface area contributed by atoms with E-state index in [2.05, 4.69) is 80.6 Å². The van der Waals surface area contributed by atoms with Gasteiger partial charge in [-0.05, 0) is 26.7 Å². The summed E-state index contributed by atoms with van der Waals surface area (Å²) in [5.41, 5.74) is 0. The zero-order chi connectivity index (χ0) is 36.8. The summed E-state index contributed by atoms with van der Waals surface area (Å²) in [5.74, 6) is 0.442. The van der Waals surface area contributed by atoms with Gasteiger partial charge in [-0.1, -0.05) is 117 Å². The SMILES string of the molecule is CCCCCCCCCCCC(=O)NC(C)C[N+](C)(C)C.CCCCCCCCCCCC(=O)NC(C)C[N+](C)(C)C.O=S(=O)([O-])[O-]. The van der Waals surface area contributed by atoms with Crippen LogP contribution in [0.25, 0.3) is 0 Å². The van der Waals surface area contributed by atoms with E-state index >= 15 is 0 Å². The molecule has 0 fully saturated rings. The lowest BCUT2D eigenvalue weighted by Gasteiger charge is -2.27. The Morgan fingerprint density at radius 3 is 0.936 bits per heavy atom. The molecule has 11 heteroatoms. The molecule has 2 unspecified atom stereocenters. The van der Waals surface area contributed by atoms with Gasteiger partial charge >= 0.3 is 0 Å². The van der Waals surface area contributed by atoms with Crippen molar-refractivity contribution in [3.63, 3.8) is 0 Å². The van der Waals surface area contributed by atoms with Crippen LogP contribution in [-0.4, -0.2) is 106 Å². The second-order valence-electron chi connectivity index (χ2n) is 15.4. The summed E-state index contributed by atoms with van der Waals surface area (Å²) < 4.78 is 35.9. The molecular weight excluding hydrogens is 616 g/mol. The highest BCUT2D eigenvalue weighted by Crippen LogP contribution is 2.12. The van der Waals surface area contributed by atoms with Gasteiger partial charge in [-0.3, -0.25) is 18.0 Å². The smallest absolute Gasteiger partial charge is 0.220 e. The Morgan fingerprint density at radius 1 is 0.511 bits per heavy atom. The lowest BCUT2D eigenvalue weighted by molar-refractivity contribution is -0.871. The van der Waals surface area contributed by atoms with E-state index < -0.39 is 10.4 Å². The van der Waals surface area contributed by atoms with Gasteiger partial charge in [0.15, 0.2) is 0 Å². The Labute approximate surface area is 292 Å². The number of amides is 2. The summed E-state index contributed by atoms with van der Waals surface area (Å²) in [6, 6.07) is 0.520. The van der Waals surface area contributed by atoms with Crippen LogP contribution < -0.4 is 10.6 Å². The zero-order valence-corrected chi connectivity index (χ0v) is 33.3. The van der Waals surface area contributed by atoms with Gasteiger partial charge in [0.1, 0.15) is 0 Å². The van der Waals surface area contributed by atoms with Gasteiger partial charge in [-0.25, -0.2) is 0 Å². The van der Waals surface area contributed by atoms with Crippen LogP contribution in [0.2, 0.25) is 0 Å². The van der Waals surface area contributed by atoms with Crippen molar-refractivity contribution in [1.29, 1.82) is 0 Å². The molecule has 2 amide bonds. The van der Waals surface area contributed by atoms with Crippen molar-refractivity contribution in [2.24, 2.45) is 0 Å². The third-order valence-electron chi connectivity index (χ3n) is 7.47. The third kappa shape index (κ3) is 54.4. The predicted octanol–water partition coefficient (Wildman–Crippen LogP) is 6.90. The molecule has 0 spiro atoms. The number of carbonyl (C=O) groups is 2. The quantitative estimate of drug-likeness (QED) is 0.0437. The molecule has 0 aromatic carbocycles. The van der Waals surface area contributed by atoms with Crippen LogP contribution in [0.15, 0.2) is 0 Å². The van der Waals surface area contributed by atoms with Gasteiger partial charge < -0.3 is 28.7 Å². The summed E-state index contributed by atoms with van der Waals surface area (Å²) in [5, 5.41) is 6.21. The molecule has 0 radical (unpaired) electrons. The highest BCUT2D eigenvalue weighted by atomic mass is 32.3. The molecule has 0 saturated heterocycles. The molecule has 0 heterocycles. The molecular formula is C36H78N4O6S. The Morgan fingerprint density at radius 2 is 0.723 bits per heavy atom. The summed E-state index contributed by atoms with van der Waals surface area (Å²) >= 11 is 0. The molecule has 0 aliphatic carbocycles. The van der Waals surface area contributed by atoms with Crippen molar-refractivity contribution in [2.45, 2.75) is 168 Å². The number of unbranched alkanes of at least 4 members (excludes halogenated alkanes) is 16. The molecule has 2 N–H and O–H groups in total. The minimum atomic E-state index is -5.17. The van der Waals surface area contributed by atoms with Crippen molar-refractivity contribution >= 4 is 22.2 Å². The van der Waals surface area contributed by atoms with Crippen molar-refractivity contribution in [1.82, 2.24) is 10.6 Å². The van der Waals surface area contributed by atoms with Crippen LogP contribution in [0.1, 0.15) is 156 Å². The first-order chi connectivity index (χ1) is 21.7. The van der Waals surface area contributed by atoms with E-state index in [-0.39, 0.29) is 23.9 Å². The molecule has 10 nitrogen and oxygen atoms in total. The third-order valence-corrected chi connectivity index (χ3v) is 7.47. The maximum atomic E-state index is 11.8. The number of hydrogen-bond donors (Lipinski definition) is 2. The monoisotopic (exact) mass is 695 g/mol. The summed E-state index contributed by atoms with van der Waals surface area (Å²) in [6.07, 6.45) is 24.8. The van der Waals surface area contributed by atoms with Crippen molar-refractivity contribution in [3.8, 4) is 0 Å². The summed E-state index contributed by atoms with van der Waals surface area (Å²) in [6.45, 7) is 10.7. The average Bonchev–Trinajstić information content (AvgIpc) is 2.88. The van der Waals surface area contributed by atoms with Gasteiger partial charge in [0.05, 0.1) is 67.5 Å². The second-order valence-corrected chi connectivity index (χ2v) is 16.3. The van der Waals surface area contributed by atoms with Gasteiger partial charge in [0, 0.05) is 23.2 Å². The first kappa shape index (κ1) is 50.1. The van der Waals surface area contributed by atoms with E-state index in [1.54, 1.807) is 0 Å². The molecule has 2 atom stereocenters. The number of rotatable bonds is 26. The Hall–Kier alpha value is -1.27. The molecule has 0 rings (SSSR count). The first-order valence-corrected chi connectivity index (χ1v) is 19.9. The van der Waals surface area contributed by atoms with E-state index in [1.165, 1.54) is 103 Å². The van der Waals surface area contributed by atoms with E-state index in [4.69, 9.17) is 17.5 Å². The van der Waals surface area contributed by atoms with Crippen molar-refractivity contribution in [3.05, 3.63) is 0 Å². The van der Waals surface area contributed by atoms with Gasteiger partial charge in [0.25, 0.3) is 0 Å². The van der Waals surface area contributed by atoms with Gasteiger partial charge in [0.2, 0.25) is 11.8 Å². The molecule has 47 heavy (non-hydrogen) atoms. The zero-order valence-electron chi connectivity index (χ0n) is 32.5. The first-order valence-electron chi connectivity index (χ1n) is 18.6. The van der Waals surface area contributed by atoms with Gasteiger partial charge in [-0.2, -0.15) is 0 Å². The van der Waals surface area contributed by atoms with Crippen molar-refractivity contribution < 1.29 is 36.1 Å². The van der Waals surface area contributed by atoms with Crippen LogP contribution >= 0.6 is 0 Å². The molecule has 0 bridgehead atoms. The van der Waals surface area contributed by atoms with Crippen LogP contribution in [0.3, 0.4) is 0 Å². The van der Waals surface area contributed by atoms with Gasteiger partial charge in [-0.15, -0.1) is 0 Å². The number of hydrogen-bond acceptors (Lipinski definition) is 6. The van der Waals surface area contributed by atoms with Crippen molar-refractivity contribution in [2.75, 3.05) is 55.4 Å². The molecule has 0 aromatic heterocycles. The van der Waals surface area contributed by atoms with E-state index in [0.29, 0.717) is 12.8 Å². The summed E-state index contributed by atoms with van der Waals surface area (Å²) in [7, 11) is 7.77. The fourth-order valence-corrected chi connectivity index (χ4v) is 5.62. The highest BCUT2D eigenvalue weighted by Gasteiger charge is 2.16. The largest absolute Gasteiger partial charge is 0.759 e. The summed E-state index contributed by atoms with van der Waals surface area (Å²) in [4.78, 5) is 23.7. The number of nitrogens with one attached hydrogen (secondary N) is 2. The molecule has 0 aliphatic rings. The number of nitrogens with zero attached hydrogens (tertiary/aromatic N) is 2. The van der Waals surface area contributed by atoms with Crippen LogP contribution in [0.5, 0.6) is 0 Å². The van der Waals surface area contributed by atoms with E-state index in [0.717, 1.165) is 34.9 Å². The van der Waals surface area contributed by atoms with Crippen LogP contribution in [-0.2, 0) is 20.0 Å². The highest BCUT2D eigenvalue weighted by molar-refractivity contribution is 7.79. The molecule has 0 saturated carbocycles. The standard InChI is InChI=1S/2C18H38N2O.H2O4S/c2*1-6-7-8-9-10-11-12-13-14-15-18(21)19-17(2)16-20(3,4)5;1-5(2,3)4/h2*17H,6-16H2,1-5H3;(H2,1,2,3,4). The number of quaternary nitrogens is 2. The Kier molecular flexibility index (Phi) is 32.8. The molecule has 0 aliphatic heterocycles. The Balaban J connectivity index is -0.000000719. The minimum Gasteiger partial charge on any atom is -0.759 e.